The maximum Gasteiger partial charge on any atom is 0.303 e. The van der Waals surface area contributed by atoms with Gasteiger partial charge in [-0.05, 0) is 30.4 Å². The van der Waals surface area contributed by atoms with Gasteiger partial charge in [-0.1, -0.05) is 0 Å². The molecule has 0 unspecified atom stereocenters. The topological polar surface area (TPSA) is 63.3 Å². The normalized spacial score (nSPS) is 12.8. The summed E-state index contributed by atoms with van der Waals surface area (Å²) in [4.78, 5) is 11.4. The van der Waals surface area contributed by atoms with Crippen molar-refractivity contribution >= 4 is 17.3 Å². The first kappa shape index (κ1) is 10.2. The van der Waals surface area contributed by atoms with Crippen LogP contribution in [0, 0.1) is 6.92 Å². The third-order valence-corrected chi connectivity index (χ3v) is 3.06. The highest BCUT2D eigenvalue weighted by Gasteiger charge is 2.11. The molecule has 3 N–H and O–H groups in total. The molecule has 0 aromatic carbocycles. The van der Waals surface area contributed by atoms with Gasteiger partial charge >= 0.3 is 5.97 Å². The summed E-state index contributed by atoms with van der Waals surface area (Å²) >= 11 is 1.59. The molecule has 72 valence electrons. The van der Waals surface area contributed by atoms with Crippen molar-refractivity contribution in [2.45, 2.75) is 25.8 Å². The van der Waals surface area contributed by atoms with Crippen LogP contribution in [0.1, 0.15) is 29.3 Å². The molecule has 0 bridgehead atoms. The molecule has 0 radical (unpaired) electrons. The zero-order valence-corrected chi connectivity index (χ0v) is 8.30. The molecular formula is C9H13NO2S. The van der Waals surface area contributed by atoms with Gasteiger partial charge in [-0.3, -0.25) is 4.79 Å². The standard InChI is InChI=1S/C9H13NO2S/c1-6-4-5-13-9(6)7(10)2-3-8(11)12/h4-5,7H,2-3,10H2,1H3,(H,11,12)/t7-/m1/s1. The van der Waals surface area contributed by atoms with Crippen molar-refractivity contribution in [3.63, 3.8) is 0 Å². The van der Waals surface area contributed by atoms with Crippen LogP contribution >= 0.6 is 11.3 Å². The lowest BCUT2D eigenvalue weighted by molar-refractivity contribution is -0.137. The summed E-state index contributed by atoms with van der Waals surface area (Å²) in [5.41, 5.74) is 6.99. The molecule has 0 aliphatic carbocycles. The lowest BCUT2D eigenvalue weighted by Gasteiger charge is -2.08. The average molecular weight is 199 g/mol. The van der Waals surface area contributed by atoms with Gasteiger partial charge in [-0.15, -0.1) is 11.3 Å². The number of carbonyl (C=O) groups is 1. The summed E-state index contributed by atoms with van der Waals surface area (Å²) in [6.45, 7) is 1.99. The third kappa shape index (κ3) is 2.82. The number of rotatable bonds is 4. The Morgan fingerprint density at radius 2 is 2.46 bits per heavy atom. The van der Waals surface area contributed by atoms with E-state index in [2.05, 4.69) is 0 Å². The highest BCUT2D eigenvalue weighted by Crippen LogP contribution is 2.24. The highest BCUT2D eigenvalue weighted by molar-refractivity contribution is 7.10. The molecule has 1 rings (SSSR count). The fraction of sp³-hybridized carbons (Fsp3) is 0.444. The Bertz CT molecular complexity index is 296. The molecule has 13 heavy (non-hydrogen) atoms. The molecule has 1 heterocycles. The summed E-state index contributed by atoms with van der Waals surface area (Å²) in [6.07, 6.45) is 0.648. The summed E-state index contributed by atoms with van der Waals surface area (Å²) < 4.78 is 0. The minimum Gasteiger partial charge on any atom is -0.481 e. The molecule has 0 aliphatic heterocycles. The number of hydrogen-bond donors (Lipinski definition) is 2. The van der Waals surface area contributed by atoms with E-state index in [1.807, 2.05) is 18.4 Å². The van der Waals surface area contributed by atoms with Crippen molar-refractivity contribution in [2.24, 2.45) is 5.73 Å². The molecular weight excluding hydrogens is 186 g/mol. The van der Waals surface area contributed by atoms with Crippen LogP contribution in [-0.4, -0.2) is 11.1 Å². The summed E-state index contributed by atoms with van der Waals surface area (Å²) in [7, 11) is 0. The van der Waals surface area contributed by atoms with Gasteiger partial charge in [-0.2, -0.15) is 0 Å². The second-order valence-corrected chi connectivity index (χ2v) is 3.95. The van der Waals surface area contributed by atoms with Gasteiger partial charge in [0.15, 0.2) is 0 Å². The number of nitrogens with two attached hydrogens (primary N) is 1. The fourth-order valence-electron chi connectivity index (χ4n) is 1.17. The molecule has 0 saturated carbocycles. The zero-order chi connectivity index (χ0) is 9.84. The van der Waals surface area contributed by atoms with Gasteiger partial charge in [0.25, 0.3) is 0 Å². The van der Waals surface area contributed by atoms with Crippen LogP contribution < -0.4 is 5.73 Å². The number of hydrogen-bond acceptors (Lipinski definition) is 3. The zero-order valence-electron chi connectivity index (χ0n) is 7.49. The number of carboxylic acid groups (broad SMARTS) is 1. The second kappa shape index (κ2) is 4.39. The first-order valence-electron chi connectivity index (χ1n) is 4.12. The number of aryl methyl sites for hydroxylation is 1. The van der Waals surface area contributed by atoms with Crippen LogP contribution in [0.5, 0.6) is 0 Å². The van der Waals surface area contributed by atoms with Crippen molar-refractivity contribution in [3.05, 3.63) is 21.9 Å². The molecule has 1 aromatic rings. The van der Waals surface area contributed by atoms with Crippen LogP contribution in [-0.2, 0) is 4.79 Å². The first-order valence-corrected chi connectivity index (χ1v) is 5.00. The molecule has 0 fully saturated rings. The van der Waals surface area contributed by atoms with E-state index in [0.29, 0.717) is 6.42 Å². The Kier molecular flexibility index (Phi) is 3.45. The molecule has 3 nitrogen and oxygen atoms in total. The Hall–Kier alpha value is -0.870. The van der Waals surface area contributed by atoms with Gasteiger partial charge in [0.1, 0.15) is 0 Å². The molecule has 1 atom stereocenters. The molecule has 0 spiro atoms. The lowest BCUT2D eigenvalue weighted by Crippen LogP contribution is -2.11. The predicted molar refractivity (Wildman–Crippen MR) is 52.9 cm³/mol. The molecule has 1 aromatic heterocycles. The number of carboxylic acids is 1. The first-order chi connectivity index (χ1) is 6.11. The fourth-order valence-corrected chi connectivity index (χ4v) is 2.14. The largest absolute Gasteiger partial charge is 0.481 e. The van der Waals surface area contributed by atoms with E-state index in [9.17, 15) is 4.79 Å². The average Bonchev–Trinajstić information content (AvgIpc) is 2.47. The van der Waals surface area contributed by atoms with E-state index in [1.165, 1.54) is 0 Å². The minimum atomic E-state index is -0.787. The van der Waals surface area contributed by atoms with E-state index in [-0.39, 0.29) is 12.5 Å². The van der Waals surface area contributed by atoms with E-state index in [0.717, 1.165) is 10.4 Å². The van der Waals surface area contributed by atoms with Gasteiger partial charge in [0.2, 0.25) is 0 Å². The molecule has 0 amide bonds. The van der Waals surface area contributed by atoms with Gasteiger partial charge in [-0.25, -0.2) is 0 Å². The van der Waals surface area contributed by atoms with E-state index < -0.39 is 5.97 Å². The second-order valence-electron chi connectivity index (χ2n) is 3.01. The quantitative estimate of drug-likeness (QED) is 0.778. The maximum absolute atomic E-state index is 10.3. The van der Waals surface area contributed by atoms with Crippen molar-refractivity contribution in [1.82, 2.24) is 0 Å². The van der Waals surface area contributed by atoms with Gasteiger partial charge < -0.3 is 10.8 Å². The number of thiophene rings is 1. The minimum absolute atomic E-state index is 0.129. The smallest absolute Gasteiger partial charge is 0.303 e. The Morgan fingerprint density at radius 3 is 2.92 bits per heavy atom. The Balaban J connectivity index is 2.53. The third-order valence-electron chi connectivity index (χ3n) is 1.91. The van der Waals surface area contributed by atoms with Crippen molar-refractivity contribution in [1.29, 1.82) is 0 Å². The van der Waals surface area contributed by atoms with Crippen molar-refractivity contribution < 1.29 is 9.90 Å². The maximum atomic E-state index is 10.3. The van der Waals surface area contributed by atoms with Crippen LogP contribution in [0.4, 0.5) is 0 Å². The van der Waals surface area contributed by atoms with E-state index in [1.54, 1.807) is 11.3 Å². The molecule has 0 aliphatic rings. The predicted octanol–water partition coefficient (Wildman–Crippen LogP) is 1.92. The van der Waals surface area contributed by atoms with E-state index >= 15 is 0 Å². The highest BCUT2D eigenvalue weighted by atomic mass is 32.1. The Morgan fingerprint density at radius 1 is 1.77 bits per heavy atom. The SMILES string of the molecule is Cc1ccsc1[C@H](N)CCC(=O)O. The summed E-state index contributed by atoms with van der Waals surface area (Å²) in [6, 6.07) is 1.87. The van der Waals surface area contributed by atoms with Crippen LogP contribution in [0.2, 0.25) is 0 Å². The van der Waals surface area contributed by atoms with E-state index in [4.69, 9.17) is 10.8 Å². The molecule has 4 heteroatoms. The van der Waals surface area contributed by atoms with Crippen molar-refractivity contribution in [2.75, 3.05) is 0 Å². The van der Waals surface area contributed by atoms with Crippen LogP contribution in [0.3, 0.4) is 0 Å². The Labute approximate surface area is 81.2 Å². The van der Waals surface area contributed by atoms with Crippen LogP contribution in [0.25, 0.3) is 0 Å². The monoisotopic (exact) mass is 199 g/mol. The summed E-state index contributed by atoms with van der Waals surface area (Å²) in [5, 5.41) is 10.5. The van der Waals surface area contributed by atoms with Crippen LogP contribution in [0.15, 0.2) is 11.4 Å². The van der Waals surface area contributed by atoms with Crippen molar-refractivity contribution in [3.8, 4) is 0 Å². The number of aliphatic carboxylic acids is 1. The van der Waals surface area contributed by atoms with Gasteiger partial charge in [0.05, 0.1) is 0 Å². The lowest BCUT2D eigenvalue weighted by atomic mass is 10.1. The summed E-state index contributed by atoms with van der Waals surface area (Å²) in [5.74, 6) is -0.787. The van der Waals surface area contributed by atoms with Gasteiger partial charge in [0, 0.05) is 17.3 Å². The molecule has 0 saturated heterocycles.